The van der Waals surface area contributed by atoms with Crippen LogP contribution in [0.5, 0.6) is 0 Å². The lowest BCUT2D eigenvalue weighted by atomic mass is 10.0. The summed E-state index contributed by atoms with van der Waals surface area (Å²) in [6.07, 6.45) is 4.87. The molecule has 0 bridgehead atoms. The van der Waals surface area contributed by atoms with Crippen molar-refractivity contribution < 1.29 is 0 Å². The smallest absolute Gasteiger partial charge is 0.0439 e. The summed E-state index contributed by atoms with van der Waals surface area (Å²) >= 11 is 12.1. The molecule has 1 aromatic carbocycles. The first-order valence-electron chi connectivity index (χ1n) is 6.32. The van der Waals surface area contributed by atoms with Crippen LogP contribution in [-0.4, -0.2) is 12.6 Å². The van der Waals surface area contributed by atoms with Crippen molar-refractivity contribution in [1.82, 2.24) is 5.32 Å². The van der Waals surface area contributed by atoms with Gasteiger partial charge in [-0.05, 0) is 61.9 Å². The van der Waals surface area contributed by atoms with Gasteiger partial charge in [0.1, 0.15) is 0 Å². The Balaban J connectivity index is 1.77. The molecule has 1 saturated carbocycles. The summed E-state index contributed by atoms with van der Waals surface area (Å²) in [5, 5.41) is 5.16. The van der Waals surface area contributed by atoms with Gasteiger partial charge in [0.25, 0.3) is 0 Å². The van der Waals surface area contributed by atoms with Crippen molar-refractivity contribution in [1.29, 1.82) is 0 Å². The summed E-state index contributed by atoms with van der Waals surface area (Å²) in [6, 6.07) is 6.50. The van der Waals surface area contributed by atoms with Gasteiger partial charge in [0.15, 0.2) is 0 Å². The highest BCUT2D eigenvalue weighted by molar-refractivity contribution is 6.33. The van der Waals surface area contributed by atoms with Gasteiger partial charge in [-0.25, -0.2) is 0 Å². The van der Waals surface area contributed by atoms with E-state index in [1.54, 1.807) is 0 Å². The SMILES string of the molecule is CC(CCc1cc(Cl)ccc1Cl)CNC1CC1. The van der Waals surface area contributed by atoms with Gasteiger partial charge in [0, 0.05) is 16.1 Å². The Morgan fingerprint density at radius 3 is 2.82 bits per heavy atom. The number of rotatable bonds is 6. The van der Waals surface area contributed by atoms with Crippen molar-refractivity contribution in [2.24, 2.45) is 5.92 Å². The van der Waals surface area contributed by atoms with Crippen LogP contribution in [0.4, 0.5) is 0 Å². The van der Waals surface area contributed by atoms with Gasteiger partial charge in [-0.1, -0.05) is 30.1 Å². The van der Waals surface area contributed by atoms with E-state index in [2.05, 4.69) is 12.2 Å². The standard InChI is InChI=1S/C14H19Cl2N/c1-10(9-17-13-5-6-13)2-3-11-8-12(15)4-7-14(11)16/h4,7-8,10,13,17H,2-3,5-6,9H2,1H3. The summed E-state index contributed by atoms with van der Waals surface area (Å²) in [7, 11) is 0. The van der Waals surface area contributed by atoms with E-state index < -0.39 is 0 Å². The summed E-state index contributed by atoms with van der Waals surface area (Å²) in [5.74, 6) is 0.686. The van der Waals surface area contributed by atoms with Gasteiger partial charge >= 0.3 is 0 Å². The average Bonchev–Trinajstić information content (AvgIpc) is 3.11. The van der Waals surface area contributed by atoms with Crippen LogP contribution in [-0.2, 0) is 6.42 Å². The number of aryl methyl sites for hydroxylation is 1. The van der Waals surface area contributed by atoms with Crippen molar-refractivity contribution in [2.75, 3.05) is 6.54 Å². The molecule has 0 aliphatic heterocycles. The van der Waals surface area contributed by atoms with Gasteiger partial charge in [-0.15, -0.1) is 0 Å². The lowest BCUT2D eigenvalue weighted by Crippen LogP contribution is -2.23. The highest BCUT2D eigenvalue weighted by Gasteiger charge is 2.20. The lowest BCUT2D eigenvalue weighted by Gasteiger charge is -2.13. The fourth-order valence-corrected chi connectivity index (χ4v) is 2.30. The van der Waals surface area contributed by atoms with E-state index in [0.717, 1.165) is 41.0 Å². The lowest BCUT2D eigenvalue weighted by molar-refractivity contribution is 0.480. The Hall–Kier alpha value is -0.240. The molecule has 1 fully saturated rings. The first kappa shape index (κ1) is 13.2. The zero-order valence-corrected chi connectivity index (χ0v) is 11.7. The molecular weight excluding hydrogens is 253 g/mol. The van der Waals surface area contributed by atoms with Crippen molar-refractivity contribution in [3.63, 3.8) is 0 Å². The van der Waals surface area contributed by atoms with Crippen LogP contribution >= 0.6 is 23.2 Å². The third-order valence-corrected chi connectivity index (χ3v) is 3.85. The second-order valence-corrected chi connectivity index (χ2v) is 5.91. The molecular formula is C14H19Cl2N. The number of halogens is 2. The van der Waals surface area contributed by atoms with Crippen LogP contribution in [0.2, 0.25) is 10.0 Å². The quantitative estimate of drug-likeness (QED) is 0.813. The van der Waals surface area contributed by atoms with E-state index >= 15 is 0 Å². The third-order valence-electron chi connectivity index (χ3n) is 3.25. The Bertz CT molecular complexity index is 374. The summed E-state index contributed by atoms with van der Waals surface area (Å²) in [6.45, 7) is 3.40. The summed E-state index contributed by atoms with van der Waals surface area (Å²) in [5.41, 5.74) is 1.16. The zero-order valence-electron chi connectivity index (χ0n) is 10.2. The van der Waals surface area contributed by atoms with Crippen LogP contribution in [0.15, 0.2) is 18.2 Å². The molecule has 1 aromatic rings. The second kappa shape index (κ2) is 6.08. The first-order valence-corrected chi connectivity index (χ1v) is 7.08. The molecule has 2 rings (SSSR count). The molecule has 1 N–H and O–H groups in total. The molecule has 0 saturated heterocycles. The minimum Gasteiger partial charge on any atom is -0.314 e. The predicted octanol–water partition coefficient (Wildman–Crippen LogP) is 4.31. The summed E-state index contributed by atoms with van der Waals surface area (Å²) in [4.78, 5) is 0. The fraction of sp³-hybridized carbons (Fsp3) is 0.571. The van der Waals surface area contributed by atoms with E-state index in [1.807, 2.05) is 18.2 Å². The van der Waals surface area contributed by atoms with E-state index in [9.17, 15) is 0 Å². The van der Waals surface area contributed by atoms with Crippen LogP contribution in [0.1, 0.15) is 31.7 Å². The maximum atomic E-state index is 6.14. The molecule has 1 atom stereocenters. The number of benzene rings is 1. The Morgan fingerprint density at radius 1 is 1.35 bits per heavy atom. The highest BCUT2D eigenvalue weighted by atomic mass is 35.5. The molecule has 17 heavy (non-hydrogen) atoms. The second-order valence-electron chi connectivity index (χ2n) is 5.06. The number of hydrogen-bond donors (Lipinski definition) is 1. The molecule has 0 spiro atoms. The molecule has 0 amide bonds. The maximum absolute atomic E-state index is 6.14. The predicted molar refractivity (Wildman–Crippen MR) is 75.0 cm³/mol. The fourth-order valence-electron chi connectivity index (χ4n) is 1.89. The average molecular weight is 272 g/mol. The van der Waals surface area contributed by atoms with E-state index in [0.29, 0.717) is 5.92 Å². The van der Waals surface area contributed by atoms with Crippen LogP contribution in [0, 0.1) is 5.92 Å². The maximum Gasteiger partial charge on any atom is 0.0439 e. The molecule has 1 aliphatic carbocycles. The van der Waals surface area contributed by atoms with Gasteiger partial charge < -0.3 is 5.32 Å². The van der Waals surface area contributed by atoms with Gasteiger partial charge in [-0.2, -0.15) is 0 Å². The first-order chi connectivity index (χ1) is 8.15. The number of hydrogen-bond acceptors (Lipinski definition) is 1. The van der Waals surface area contributed by atoms with Crippen LogP contribution in [0.25, 0.3) is 0 Å². The Labute approximate surface area is 114 Å². The largest absolute Gasteiger partial charge is 0.314 e. The molecule has 1 nitrogen and oxygen atoms in total. The van der Waals surface area contributed by atoms with E-state index in [4.69, 9.17) is 23.2 Å². The molecule has 1 aliphatic rings. The van der Waals surface area contributed by atoms with Crippen molar-refractivity contribution in [3.8, 4) is 0 Å². The van der Waals surface area contributed by atoms with Crippen LogP contribution in [0.3, 0.4) is 0 Å². The van der Waals surface area contributed by atoms with Crippen molar-refractivity contribution in [2.45, 2.75) is 38.6 Å². The van der Waals surface area contributed by atoms with E-state index in [1.165, 1.54) is 12.8 Å². The Morgan fingerprint density at radius 2 is 2.12 bits per heavy atom. The molecule has 3 heteroatoms. The molecule has 0 heterocycles. The minimum atomic E-state index is 0.686. The van der Waals surface area contributed by atoms with Gasteiger partial charge in [0.2, 0.25) is 0 Å². The highest BCUT2D eigenvalue weighted by Crippen LogP contribution is 2.23. The summed E-state index contributed by atoms with van der Waals surface area (Å²) < 4.78 is 0. The molecule has 0 aromatic heterocycles. The Kier molecular flexibility index (Phi) is 4.72. The zero-order chi connectivity index (χ0) is 12.3. The van der Waals surface area contributed by atoms with Crippen molar-refractivity contribution >= 4 is 23.2 Å². The van der Waals surface area contributed by atoms with E-state index in [-0.39, 0.29) is 0 Å². The topological polar surface area (TPSA) is 12.0 Å². The number of nitrogens with one attached hydrogen (secondary N) is 1. The molecule has 0 radical (unpaired) electrons. The monoisotopic (exact) mass is 271 g/mol. The van der Waals surface area contributed by atoms with Gasteiger partial charge in [0.05, 0.1) is 0 Å². The van der Waals surface area contributed by atoms with Gasteiger partial charge in [-0.3, -0.25) is 0 Å². The normalized spacial score (nSPS) is 17.1. The molecule has 94 valence electrons. The van der Waals surface area contributed by atoms with Crippen molar-refractivity contribution in [3.05, 3.63) is 33.8 Å². The minimum absolute atomic E-state index is 0.686. The molecule has 1 unspecified atom stereocenters. The van der Waals surface area contributed by atoms with Crippen LogP contribution < -0.4 is 5.32 Å². The third kappa shape index (κ3) is 4.50.